The molecule has 5 nitrogen and oxygen atoms in total. The second kappa shape index (κ2) is 35.9. The normalized spacial score (nSPS) is 12.6. The first kappa shape index (κ1) is 80.9. The Kier molecular flexibility index (Phi) is 23.2. The molecular weight excluding hydrogens is 1760 g/mol. The van der Waals surface area contributed by atoms with Crippen LogP contribution in [-0.4, -0.2) is 17.2 Å². The molecule has 0 amide bonds. The number of anilines is 7. The van der Waals surface area contributed by atoms with E-state index < -0.39 is 12.5 Å². The van der Waals surface area contributed by atoms with Crippen LogP contribution in [0.2, 0.25) is 0 Å². The highest BCUT2D eigenvalue weighted by Gasteiger charge is 2.53. The number of nitrogens with zero attached hydrogens (tertiary/aromatic N) is 2. The molecule has 5 aliphatic rings. The predicted molar refractivity (Wildman–Crippen MR) is 538 cm³/mol. The van der Waals surface area contributed by atoms with Crippen LogP contribution in [-0.2, 0) is 10.8 Å². The highest BCUT2D eigenvalue weighted by Crippen LogP contribution is 2.65. The van der Waals surface area contributed by atoms with E-state index in [9.17, 15) is 10.0 Å². The molecule has 23 rings (SSSR count). The zero-order valence-electron chi connectivity index (χ0n) is 68.1. The third kappa shape index (κ3) is 15.4. The second-order valence-electron chi connectivity index (χ2n) is 31.2. The van der Waals surface area contributed by atoms with Gasteiger partial charge >= 0.3 is 7.12 Å². The molecule has 0 saturated heterocycles. The first-order valence-corrected chi connectivity index (χ1v) is 44.5. The standard InChI is InChI=1S/C49H33N.C25H17BO2.C24H18BrN.C12H10BrN.C6H4I/c1-4-16-34(17-5-1)39-30-28-36(33-48(39)50(37-18-6-2-7-19-37)38-20-8-3-9-21-38)35-29-31-43-42-24-12-15-27-46(42)49(47(43)32-35)44-25-13-10-22-40(44)41-23-11-14-26-45(41)49;27-26(28)16-13-14-20-19-9-3-6-12-23(19)25(24(20)15-16)21-10-4-1-7-17(21)18-8-2-5-11-22(18)25;25-20-16-17-23(19-10-4-1-5-11-19)24(18-20)26(21-12-6-2-7-13-21)22-14-8-3-9-15-22;13-10-6-7-11(12(14)8-10)9-4-2-1-3-5-9;7-6-4-2-1-3-5-6/h1-33H;1-15,27-28H;1-18H;1-8H,14H2;1-4H/q;;;;+1. The van der Waals surface area contributed by atoms with Gasteiger partial charge in [0.15, 0.2) is 3.58 Å². The lowest BCUT2D eigenvalue weighted by atomic mass is 9.68. The van der Waals surface area contributed by atoms with Gasteiger partial charge in [-0.3, -0.25) is 0 Å². The zero-order chi connectivity index (χ0) is 84.8. The minimum absolute atomic E-state index is 0.373. The summed E-state index contributed by atoms with van der Waals surface area (Å²) in [4.78, 5) is 4.69. The van der Waals surface area contributed by atoms with E-state index in [4.69, 9.17) is 5.73 Å². The number of hydrogen-bond donors (Lipinski definition) is 3. The molecule has 596 valence electrons. The van der Waals surface area contributed by atoms with E-state index >= 15 is 0 Å². The summed E-state index contributed by atoms with van der Waals surface area (Å²) in [5.74, 6) is 0. The van der Waals surface area contributed by atoms with E-state index in [0.29, 0.717) is 5.46 Å². The van der Waals surface area contributed by atoms with Gasteiger partial charge < -0.3 is 25.6 Å². The molecule has 0 aliphatic heterocycles. The van der Waals surface area contributed by atoms with E-state index in [0.717, 1.165) is 71.0 Å². The molecule has 2 spiro atoms. The van der Waals surface area contributed by atoms with Crippen molar-refractivity contribution in [1.29, 1.82) is 0 Å². The summed E-state index contributed by atoms with van der Waals surface area (Å²) >= 11 is 9.27. The maximum atomic E-state index is 9.85. The lowest BCUT2D eigenvalue weighted by Gasteiger charge is -2.31. The number of nitrogens with two attached hydrogens (primary N) is 1. The molecule has 125 heavy (non-hydrogen) atoms. The molecule has 0 heterocycles. The Hall–Kier alpha value is -13.8. The van der Waals surface area contributed by atoms with Crippen molar-refractivity contribution in [2.75, 3.05) is 15.5 Å². The maximum Gasteiger partial charge on any atom is 0.488 e. The average Bonchev–Trinajstić information content (AvgIpc) is 1.51. The van der Waals surface area contributed by atoms with Crippen molar-refractivity contribution >= 4 is 107 Å². The van der Waals surface area contributed by atoms with E-state index in [1.165, 1.54) is 115 Å². The first-order valence-electron chi connectivity index (χ1n) is 41.9. The van der Waals surface area contributed by atoms with Gasteiger partial charge in [-0.2, -0.15) is 0 Å². The van der Waals surface area contributed by atoms with Crippen LogP contribution < -0.4 is 21.0 Å². The SMILES string of the molecule is Brc1ccc(-c2ccccc2)c(N(c2ccccc2)c2ccccc2)c1.IC1=CC=CC=[C+]1.Nc1cc(Br)ccc1-c1ccccc1.OB(O)c1ccc2c(c1)C1(c3ccccc3-c3ccccc31)c1ccccc1-2.c1ccc(-c2ccc(-c3ccc4c(c3)C3(c5ccccc5-c5ccccc53)c3ccccc3-4)cc2N(c2ccccc2)c2ccccc2)cc1. The van der Waals surface area contributed by atoms with Crippen LogP contribution in [0.15, 0.2) is 486 Å². The van der Waals surface area contributed by atoms with Gasteiger partial charge in [0.2, 0.25) is 0 Å². The Bertz CT molecular complexity index is 6870. The summed E-state index contributed by atoms with van der Waals surface area (Å²) in [6, 6.07) is 159. The Morgan fingerprint density at radius 1 is 0.264 bits per heavy atom. The van der Waals surface area contributed by atoms with Crippen molar-refractivity contribution < 1.29 is 10.0 Å². The van der Waals surface area contributed by atoms with E-state index in [2.05, 4.69) is 446 Å². The number of allylic oxidation sites excluding steroid dienone is 6. The number of fused-ring (bicyclic) bond motifs is 20. The van der Waals surface area contributed by atoms with Gasteiger partial charge in [-0.25, -0.2) is 0 Å². The number of rotatable bonds is 11. The maximum absolute atomic E-state index is 9.85. The van der Waals surface area contributed by atoms with E-state index in [1.807, 2.05) is 97.1 Å². The molecule has 5 aliphatic carbocycles. The van der Waals surface area contributed by atoms with Crippen LogP contribution in [0.1, 0.15) is 44.5 Å². The highest BCUT2D eigenvalue weighted by atomic mass is 127. The summed E-state index contributed by atoms with van der Waals surface area (Å²) in [6.07, 6.45) is 10.9. The average molecular weight is 1850 g/mol. The topological polar surface area (TPSA) is 73.0 Å². The molecule has 0 bridgehead atoms. The minimum atomic E-state index is -1.49. The molecule has 0 aromatic heterocycles. The third-order valence-corrected chi connectivity index (χ3v) is 25.7. The molecule has 0 unspecified atom stereocenters. The first-order chi connectivity index (χ1) is 61.5. The largest absolute Gasteiger partial charge is 0.488 e. The monoisotopic (exact) mass is 1840 g/mol. The van der Waals surface area contributed by atoms with Crippen molar-refractivity contribution in [3.05, 3.63) is 536 Å². The summed E-state index contributed by atoms with van der Waals surface area (Å²) in [5.41, 5.74) is 43.1. The lowest BCUT2D eigenvalue weighted by Crippen LogP contribution is -2.32. The van der Waals surface area contributed by atoms with Crippen LogP contribution in [0, 0.1) is 6.08 Å². The minimum Gasteiger partial charge on any atom is -0.423 e. The molecule has 0 atom stereocenters. The Balaban J connectivity index is 0.000000115. The van der Waals surface area contributed by atoms with E-state index in [1.54, 1.807) is 0 Å². The van der Waals surface area contributed by atoms with E-state index in [-0.39, 0.29) is 5.41 Å². The second-order valence-corrected chi connectivity index (χ2v) is 34.2. The van der Waals surface area contributed by atoms with Crippen molar-refractivity contribution in [2.24, 2.45) is 0 Å². The van der Waals surface area contributed by atoms with Crippen LogP contribution >= 0.6 is 54.5 Å². The van der Waals surface area contributed by atoms with Gasteiger partial charge in [0.25, 0.3) is 0 Å². The van der Waals surface area contributed by atoms with Crippen molar-refractivity contribution in [2.45, 2.75) is 10.8 Å². The molecular formula is C116H82BBr2IN3O2+. The van der Waals surface area contributed by atoms with Gasteiger partial charge in [0.05, 0.1) is 40.4 Å². The smallest absolute Gasteiger partial charge is 0.423 e. The fraction of sp³-hybridized carbons (Fsp3) is 0.0172. The number of para-hydroxylation sites is 4. The number of nitrogen functional groups attached to an aromatic ring is 1. The molecule has 18 aromatic rings. The van der Waals surface area contributed by atoms with Crippen molar-refractivity contribution in [3.63, 3.8) is 0 Å². The molecule has 0 saturated carbocycles. The van der Waals surface area contributed by atoms with Crippen LogP contribution in [0.25, 0.3) is 89.0 Å². The fourth-order valence-electron chi connectivity index (χ4n) is 18.8. The fourth-order valence-corrected chi connectivity index (χ4v) is 19.9. The van der Waals surface area contributed by atoms with Gasteiger partial charge in [0, 0.05) is 60.1 Å². The van der Waals surface area contributed by atoms with Crippen molar-refractivity contribution in [1.82, 2.24) is 0 Å². The Labute approximate surface area is 762 Å². The summed E-state index contributed by atoms with van der Waals surface area (Å²) < 4.78 is 3.24. The summed E-state index contributed by atoms with van der Waals surface area (Å²) in [6.45, 7) is 0. The lowest BCUT2D eigenvalue weighted by molar-refractivity contribution is 0.425. The number of hydrogen-bond acceptors (Lipinski definition) is 5. The molecule has 18 aromatic carbocycles. The molecule has 4 N–H and O–H groups in total. The van der Waals surface area contributed by atoms with Gasteiger partial charge in [-0.1, -0.05) is 396 Å². The van der Waals surface area contributed by atoms with Gasteiger partial charge in [0.1, 0.15) is 6.08 Å². The van der Waals surface area contributed by atoms with Crippen LogP contribution in [0.3, 0.4) is 0 Å². The Morgan fingerprint density at radius 3 is 0.896 bits per heavy atom. The predicted octanol–water partition coefficient (Wildman–Crippen LogP) is 30.1. The molecule has 0 fully saturated rings. The van der Waals surface area contributed by atoms with Gasteiger partial charge in [-0.05, 0) is 230 Å². The summed E-state index contributed by atoms with van der Waals surface area (Å²) in [5, 5.41) is 19.7. The zero-order valence-corrected chi connectivity index (χ0v) is 73.4. The molecule has 9 heteroatoms. The number of benzene rings is 18. The van der Waals surface area contributed by atoms with Gasteiger partial charge in [-0.15, -0.1) is 0 Å². The van der Waals surface area contributed by atoms with Crippen molar-refractivity contribution in [3.8, 4) is 89.0 Å². The Morgan fingerprint density at radius 2 is 0.552 bits per heavy atom. The van der Waals surface area contributed by atoms with Crippen LogP contribution in [0.5, 0.6) is 0 Å². The summed E-state index contributed by atoms with van der Waals surface area (Å²) in [7, 11) is -1.49. The highest BCUT2D eigenvalue weighted by molar-refractivity contribution is 14.1. The van der Waals surface area contributed by atoms with Crippen LogP contribution in [0.4, 0.5) is 39.8 Å². The molecule has 0 radical (unpaired) electrons. The third-order valence-electron chi connectivity index (χ3n) is 24.1. The number of halogens is 3. The quantitative estimate of drug-likeness (QED) is 0.0521.